The molecule has 0 bridgehead atoms. The van der Waals surface area contributed by atoms with Crippen molar-refractivity contribution in [1.29, 1.82) is 5.41 Å². The summed E-state index contributed by atoms with van der Waals surface area (Å²) >= 11 is 0. The minimum Gasteiger partial charge on any atom is -0.505 e. The number of nitrogens with one attached hydrogen (secondary N) is 2. The summed E-state index contributed by atoms with van der Waals surface area (Å²) in [6.45, 7) is 0. The third-order valence-electron chi connectivity index (χ3n) is 4.15. The summed E-state index contributed by atoms with van der Waals surface area (Å²) in [5.74, 6) is 1.82. The van der Waals surface area contributed by atoms with Gasteiger partial charge in [0.1, 0.15) is 5.82 Å². The smallest absolute Gasteiger partial charge is 0.153 e. The van der Waals surface area contributed by atoms with Crippen LogP contribution in [0.25, 0.3) is 0 Å². The first-order valence-electron chi connectivity index (χ1n) is 7.74. The van der Waals surface area contributed by atoms with E-state index < -0.39 is 0 Å². The van der Waals surface area contributed by atoms with Crippen LogP contribution in [0.1, 0.15) is 57.8 Å². The van der Waals surface area contributed by atoms with E-state index >= 15 is 0 Å². The second kappa shape index (κ2) is 7.88. The first kappa shape index (κ1) is 14.8. The molecule has 0 spiro atoms. The molecule has 0 unspecified atom stereocenters. The average molecular weight is 275 g/mol. The van der Waals surface area contributed by atoms with Gasteiger partial charge in [-0.15, -0.1) is 0 Å². The Kier molecular flexibility index (Phi) is 5.84. The maximum Gasteiger partial charge on any atom is 0.153 e. The van der Waals surface area contributed by atoms with Crippen LogP contribution in [-0.2, 0) is 0 Å². The lowest BCUT2D eigenvalue weighted by atomic mass is 9.99. The third-order valence-corrected chi connectivity index (χ3v) is 4.15. The van der Waals surface area contributed by atoms with Crippen LogP contribution in [0.15, 0.2) is 28.8 Å². The van der Waals surface area contributed by atoms with Gasteiger partial charge in [-0.2, -0.15) is 0 Å². The van der Waals surface area contributed by atoms with Gasteiger partial charge in [0.25, 0.3) is 0 Å². The Hall–Kier alpha value is -1.58. The molecular weight excluding hydrogens is 250 g/mol. The van der Waals surface area contributed by atoms with Crippen LogP contribution >= 0.6 is 0 Å². The van der Waals surface area contributed by atoms with E-state index in [1.54, 1.807) is 12.3 Å². The first-order valence-corrected chi connectivity index (χ1v) is 7.74. The number of rotatable bonds is 7. The maximum atomic E-state index is 9.77. The van der Waals surface area contributed by atoms with Crippen molar-refractivity contribution in [3.63, 3.8) is 0 Å². The van der Waals surface area contributed by atoms with E-state index in [1.807, 2.05) is 0 Å². The second-order valence-corrected chi connectivity index (χ2v) is 5.70. The SMILES string of the molecule is N=C/C=C1/N=C(CCCCCC2CCCC2)C(O)=CN1. The predicted octanol–water partition coefficient (Wildman–Crippen LogP) is 4.06. The van der Waals surface area contributed by atoms with Crippen molar-refractivity contribution in [2.75, 3.05) is 0 Å². The largest absolute Gasteiger partial charge is 0.505 e. The van der Waals surface area contributed by atoms with Crippen molar-refractivity contribution in [3.8, 4) is 0 Å². The molecule has 1 aliphatic carbocycles. The number of nitrogens with zero attached hydrogens (tertiary/aromatic N) is 1. The molecule has 2 aliphatic rings. The Morgan fingerprint density at radius 3 is 2.85 bits per heavy atom. The van der Waals surface area contributed by atoms with Crippen LogP contribution in [0.2, 0.25) is 0 Å². The Bertz CT molecular complexity index is 417. The fourth-order valence-electron chi connectivity index (χ4n) is 3.01. The van der Waals surface area contributed by atoms with Gasteiger partial charge in [-0.25, -0.2) is 4.99 Å². The Morgan fingerprint density at radius 1 is 1.30 bits per heavy atom. The van der Waals surface area contributed by atoms with Gasteiger partial charge in [0.15, 0.2) is 5.76 Å². The molecule has 0 aromatic rings. The maximum absolute atomic E-state index is 9.77. The summed E-state index contributed by atoms with van der Waals surface area (Å²) in [5.41, 5.74) is 0.734. The lowest BCUT2D eigenvalue weighted by molar-refractivity contribution is 0.432. The van der Waals surface area contributed by atoms with Gasteiger partial charge in [-0.05, 0) is 24.8 Å². The second-order valence-electron chi connectivity index (χ2n) is 5.70. The van der Waals surface area contributed by atoms with Crippen LogP contribution in [0.4, 0.5) is 0 Å². The summed E-state index contributed by atoms with van der Waals surface area (Å²) in [5, 5.41) is 19.7. The minimum absolute atomic E-state index is 0.225. The monoisotopic (exact) mass is 275 g/mol. The molecule has 2 rings (SSSR count). The Balaban J connectivity index is 1.68. The topological polar surface area (TPSA) is 68.5 Å². The highest BCUT2D eigenvalue weighted by atomic mass is 16.3. The normalized spacial score (nSPS) is 21.5. The Labute approximate surface area is 121 Å². The average Bonchev–Trinajstić information content (AvgIpc) is 2.95. The predicted molar refractivity (Wildman–Crippen MR) is 83.2 cm³/mol. The molecule has 0 aromatic heterocycles. The highest BCUT2D eigenvalue weighted by Crippen LogP contribution is 2.29. The number of hydrogen-bond acceptors (Lipinski definition) is 4. The van der Waals surface area contributed by atoms with Crippen molar-refractivity contribution in [2.24, 2.45) is 10.9 Å². The number of aliphatic hydroxyl groups is 1. The molecule has 3 N–H and O–H groups in total. The molecule has 0 amide bonds. The fraction of sp³-hybridized carbons (Fsp3) is 0.625. The van der Waals surface area contributed by atoms with Crippen LogP contribution in [0, 0.1) is 11.3 Å². The van der Waals surface area contributed by atoms with Gasteiger partial charge >= 0.3 is 0 Å². The van der Waals surface area contributed by atoms with Crippen LogP contribution in [-0.4, -0.2) is 17.0 Å². The van der Waals surface area contributed by atoms with Crippen LogP contribution < -0.4 is 5.32 Å². The van der Waals surface area contributed by atoms with Gasteiger partial charge in [0.05, 0.1) is 5.71 Å². The third kappa shape index (κ3) is 4.51. The molecule has 1 heterocycles. The van der Waals surface area contributed by atoms with Gasteiger partial charge in [-0.3, -0.25) is 0 Å². The molecule has 0 aromatic carbocycles. The van der Waals surface area contributed by atoms with Crippen molar-refractivity contribution in [2.45, 2.75) is 57.8 Å². The molecule has 20 heavy (non-hydrogen) atoms. The standard InChI is InChI=1S/C16H25N3O/c17-11-10-16-18-12-15(20)14(19-16)9-3-1-2-6-13-7-4-5-8-13/h10-13,17-18,20H,1-9H2/b16-10+,17-11?. The molecule has 0 atom stereocenters. The number of hydrogen-bond donors (Lipinski definition) is 3. The highest BCUT2D eigenvalue weighted by molar-refractivity contribution is 5.99. The summed E-state index contributed by atoms with van der Waals surface area (Å²) in [7, 11) is 0. The zero-order chi connectivity index (χ0) is 14.2. The fourth-order valence-corrected chi connectivity index (χ4v) is 3.01. The minimum atomic E-state index is 0.225. The quantitative estimate of drug-likeness (QED) is 0.484. The van der Waals surface area contributed by atoms with E-state index in [1.165, 1.54) is 51.2 Å². The van der Waals surface area contributed by atoms with Crippen LogP contribution in [0.3, 0.4) is 0 Å². The molecule has 1 saturated carbocycles. The molecule has 0 saturated heterocycles. The van der Waals surface area contributed by atoms with E-state index in [2.05, 4.69) is 10.3 Å². The van der Waals surface area contributed by atoms with Crippen molar-refractivity contribution in [3.05, 3.63) is 23.9 Å². The number of aliphatic imine (C=N–C) groups is 1. The molecule has 1 fully saturated rings. The summed E-state index contributed by atoms with van der Waals surface area (Å²) in [6, 6.07) is 0. The van der Waals surface area contributed by atoms with E-state index in [-0.39, 0.29) is 5.76 Å². The zero-order valence-electron chi connectivity index (χ0n) is 12.1. The van der Waals surface area contributed by atoms with Crippen molar-refractivity contribution < 1.29 is 5.11 Å². The van der Waals surface area contributed by atoms with Gasteiger partial charge in [0.2, 0.25) is 0 Å². The van der Waals surface area contributed by atoms with E-state index in [0.29, 0.717) is 5.82 Å². The van der Waals surface area contributed by atoms with E-state index in [4.69, 9.17) is 5.41 Å². The number of unbranched alkanes of at least 4 members (excludes halogenated alkanes) is 2. The zero-order valence-corrected chi connectivity index (χ0v) is 12.1. The van der Waals surface area contributed by atoms with Gasteiger partial charge in [-0.1, -0.05) is 44.9 Å². The molecular formula is C16H25N3O. The summed E-state index contributed by atoms with van der Waals surface area (Å²) in [4.78, 5) is 4.32. The summed E-state index contributed by atoms with van der Waals surface area (Å²) in [6.07, 6.45) is 15.8. The molecule has 4 heteroatoms. The molecule has 4 nitrogen and oxygen atoms in total. The van der Waals surface area contributed by atoms with Gasteiger partial charge < -0.3 is 15.8 Å². The highest BCUT2D eigenvalue weighted by Gasteiger charge is 2.14. The molecule has 0 radical (unpaired) electrons. The lowest BCUT2D eigenvalue weighted by Crippen LogP contribution is -2.17. The molecule has 1 aliphatic heterocycles. The van der Waals surface area contributed by atoms with E-state index in [0.717, 1.165) is 24.5 Å². The van der Waals surface area contributed by atoms with Crippen molar-refractivity contribution in [1.82, 2.24) is 5.32 Å². The van der Waals surface area contributed by atoms with Crippen LogP contribution in [0.5, 0.6) is 0 Å². The van der Waals surface area contributed by atoms with Gasteiger partial charge in [0, 0.05) is 12.4 Å². The van der Waals surface area contributed by atoms with Crippen molar-refractivity contribution >= 4 is 11.9 Å². The Morgan fingerprint density at radius 2 is 2.10 bits per heavy atom. The lowest BCUT2D eigenvalue weighted by Gasteiger charge is -2.13. The summed E-state index contributed by atoms with van der Waals surface area (Å²) < 4.78 is 0. The first-order chi connectivity index (χ1) is 9.79. The molecule has 110 valence electrons. The number of aliphatic hydroxyl groups excluding tert-OH is 1. The van der Waals surface area contributed by atoms with E-state index in [9.17, 15) is 5.11 Å². The number of allylic oxidation sites excluding steroid dienone is 2.